The minimum atomic E-state index is 1.13. The van der Waals surface area contributed by atoms with Crippen LogP contribution in [0.2, 0.25) is 0 Å². The van der Waals surface area contributed by atoms with Crippen molar-refractivity contribution in [1.82, 2.24) is 9.13 Å². The van der Waals surface area contributed by atoms with Crippen LogP contribution in [0.15, 0.2) is 122 Å². The second-order valence-corrected chi connectivity index (χ2v) is 6.64. The molecule has 0 aliphatic carbocycles. The summed E-state index contributed by atoms with van der Waals surface area (Å²) in [6.45, 7) is 0. The number of para-hydroxylation sites is 2. The van der Waals surface area contributed by atoms with Crippen LogP contribution >= 0.6 is 0 Å². The molecule has 4 nitrogen and oxygen atoms in total. The van der Waals surface area contributed by atoms with Gasteiger partial charge in [0.2, 0.25) is 0 Å². The summed E-state index contributed by atoms with van der Waals surface area (Å²) in [5, 5.41) is 0. The predicted molar refractivity (Wildman–Crippen MR) is 108 cm³/mol. The third-order valence-corrected chi connectivity index (χ3v) is 4.83. The first-order valence-electron chi connectivity index (χ1n) is 9.27. The number of nitrogens with zero attached hydrogens (tertiary/aromatic N) is 4. The minimum absolute atomic E-state index is 1.13. The van der Waals surface area contributed by atoms with Gasteiger partial charge in [0.05, 0.1) is 0 Å². The topological polar surface area (TPSA) is 17.6 Å². The summed E-state index contributed by atoms with van der Waals surface area (Å²) in [4.78, 5) is 0. The van der Waals surface area contributed by atoms with E-state index < -0.39 is 0 Å². The maximum Gasteiger partial charge on any atom is 0.254 e. The number of rotatable bonds is 4. The highest BCUT2D eigenvalue weighted by Gasteiger charge is 2.11. The van der Waals surface area contributed by atoms with Crippen LogP contribution in [-0.2, 0) is 0 Å². The summed E-state index contributed by atoms with van der Waals surface area (Å²) < 4.78 is 8.47. The molecular formula is C24H20N4+2. The molecule has 134 valence electrons. The monoisotopic (exact) mass is 364 g/mol. The van der Waals surface area contributed by atoms with E-state index in [9.17, 15) is 0 Å². The van der Waals surface area contributed by atoms with E-state index in [1.807, 2.05) is 36.4 Å². The SMILES string of the molecule is c1ccc(-n2cc[n+](-c3ccc(-[n+]4ccn(-c5ccccc5)c4)cc3)c2)cc1. The molecule has 0 amide bonds. The third-order valence-electron chi connectivity index (χ3n) is 4.83. The van der Waals surface area contributed by atoms with Crippen molar-refractivity contribution in [1.29, 1.82) is 0 Å². The van der Waals surface area contributed by atoms with Gasteiger partial charge in [-0.15, -0.1) is 0 Å². The van der Waals surface area contributed by atoms with E-state index in [1.165, 1.54) is 0 Å². The van der Waals surface area contributed by atoms with Gasteiger partial charge in [-0.25, -0.2) is 18.3 Å². The Morgan fingerprint density at radius 3 is 1.25 bits per heavy atom. The first-order valence-corrected chi connectivity index (χ1v) is 9.27. The van der Waals surface area contributed by atoms with E-state index in [4.69, 9.17) is 0 Å². The van der Waals surface area contributed by atoms with Gasteiger partial charge in [0.25, 0.3) is 12.7 Å². The molecule has 3 aromatic carbocycles. The highest BCUT2D eigenvalue weighted by atomic mass is 15.1. The van der Waals surface area contributed by atoms with Crippen LogP contribution in [0.5, 0.6) is 0 Å². The first kappa shape index (κ1) is 16.3. The smallest absolute Gasteiger partial charge is 0.202 e. The van der Waals surface area contributed by atoms with Crippen molar-refractivity contribution >= 4 is 0 Å². The molecule has 0 N–H and O–H groups in total. The molecule has 0 aliphatic heterocycles. The molecule has 0 unspecified atom stereocenters. The predicted octanol–water partition coefficient (Wildman–Crippen LogP) is 3.82. The normalized spacial score (nSPS) is 10.9. The number of benzene rings is 3. The van der Waals surface area contributed by atoms with Gasteiger partial charge in [0.1, 0.15) is 47.5 Å². The van der Waals surface area contributed by atoms with Gasteiger partial charge >= 0.3 is 0 Å². The Labute approximate surface area is 163 Å². The zero-order valence-electron chi connectivity index (χ0n) is 15.3. The molecular weight excluding hydrogens is 344 g/mol. The van der Waals surface area contributed by atoms with Gasteiger partial charge in [0, 0.05) is 0 Å². The average molecular weight is 364 g/mol. The van der Waals surface area contributed by atoms with Crippen molar-refractivity contribution < 1.29 is 9.13 Å². The number of hydrogen-bond acceptors (Lipinski definition) is 0. The van der Waals surface area contributed by atoms with E-state index >= 15 is 0 Å². The van der Waals surface area contributed by atoms with Crippen LogP contribution in [0, 0.1) is 0 Å². The maximum atomic E-state index is 2.14. The second kappa shape index (κ2) is 7.00. The van der Waals surface area contributed by atoms with Gasteiger partial charge in [-0.1, -0.05) is 36.4 Å². The lowest BCUT2D eigenvalue weighted by molar-refractivity contribution is -0.598. The molecule has 5 aromatic rings. The summed E-state index contributed by atoms with van der Waals surface area (Å²) in [6, 6.07) is 29.2. The molecule has 28 heavy (non-hydrogen) atoms. The van der Waals surface area contributed by atoms with Crippen molar-refractivity contribution in [2.75, 3.05) is 0 Å². The fraction of sp³-hybridized carbons (Fsp3) is 0. The van der Waals surface area contributed by atoms with Crippen LogP contribution in [0.1, 0.15) is 0 Å². The average Bonchev–Trinajstić information content (AvgIpc) is 3.46. The van der Waals surface area contributed by atoms with Crippen LogP contribution < -0.4 is 9.13 Å². The summed E-state index contributed by atoms with van der Waals surface area (Å²) in [5.41, 5.74) is 4.55. The minimum Gasteiger partial charge on any atom is -0.202 e. The Kier molecular flexibility index (Phi) is 4.07. The van der Waals surface area contributed by atoms with Crippen LogP contribution in [-0.4, -0.2) is 9.13 Å². The Balaban J connectivity index is 1.40. The van der Waals surface area contributed by atoms with Gasteiger partial charge in [-0.05, 0) is 48.5 Å². The molecule has 0 radical (unpaired) electrons. The van der Waals surface area contributed by atoms with Gasteiger partial charge in [-0.3, -0.25) is 0 Å². The van der Waals surface area contributed by atoms with E-state index in [2.05, 4.69) is 104 Å². The number of hydrogen-bond donors (Lipinski definition) is 0. The highest BCUT2D eigenvalue weighted by Crippen LogP contribution is 2.09. The second-order valence-electron chi connectivity index (χ2n) is 6.64. The summed E-state index contributed by atoms with van der Waals surface area (Å²) in [7, 11) is 0. The molecule has 0 bridgehead atoms. The zero-order chi connectivity index (χ0) is 18.8. The molecule has 5 rings (SSSR count). The number of imidazole rings is 2. The van der Waals surface area contributed by atoms with Crippen molar-refractivity contribution in [3.8, 4) is 22.7 Å². The van der Waals surface area contributed by atoms with Crippen molar-refractivity contribution in [2.24, 2.45) is 0 Å². The van der Waals surface area contributed by atoms with Crippen LogP contribution in [0.4, 0.5) is 0 Å². The highest BCUT2D eigenvalue weighted by molar-refractivity contribution is 5.34. The van der Waals surface area contributed by atoms with Crippen molar-refractivity contribution in [2.45, 2.75) is 0 Å². The maximum absolute atomic E-state index is 2.14. The Hall–Kier alpha value is -3.92. The Morgan fingerprint density at radius 1 is 0.464 bits per heavy atom. The van der Waals surface area contributed by atoms with Gasteiger partial charge in [-0.2, -0.15) is 0 Å². The van der Waals surface area contributed by atoms with Crippen LogP contribution in [0.25, 0.3) is 22.7 Å². The standard InChI is InChI=1S/C24H20N4/c1-3-7-21(8-4-1)25-15-17-27(19-25)23-11-13-24(14-12-23)28-18-16-26(20-28)22-9-5-2-6-10-22/h1-20H/q+2. The molecule has 0 saturated carbocycles. The number of aromatic nitrogens is 4. The first-order chi connectivity index (χ1) is 13.9. The van der Waals surface area contributed by atoms with E-state index in [-0.39, 0.29) is 0 Å². The fourth-order valence-electron chi connectivity index (χ4n) is 3.32. The molecule has 0 saturated heterocycles. The lowest BCUT2D eigenvalue weighted by Crippen LogP contribution is -2.30. The quantitative estimate of drug-likeness (QED) is 0.432. The summed E-state index contributed by atoms with van der Waals surface area (Å²) >= 11 is 0. The van der Waals surface area contributed by atoms with E-state index in [1.54, 1.807) is 0 Å². The summed E-state index contributed by atoms with van der Waals surface area (Å²) in [5.74, 6) is 0. The molecule has 0 aliphatic rings. The Bertz CT molecular complexity index is 1090. The molecule has 0 spiro atoms. The molecule has 0 atom stereocenters. The van der Waals surface area contributed by atoms with Crippen LogP contribution in [0.3, 0.4) is 0 Å². The van der Waals surface area contributed by atoms with E-state index in [0.717, 1.165) is 22.7 Å². The molecule has 0 fully saturated rings. The lowest BCUT2D eigenvalue weighted by Gasteiger charge is -1.99. The molecule has 4 heteroatoms. The largest absolute Gasteiger partial charge is 0.254 e. The van der Waals surface area contributed by atoms with Crippen molar-refractivity contribution in [3.05, 3.63) is 122 Å². The zero-order valence-corrected chi connectivity index (χ0v) is 15.3. The molecule has 2 aromatic heterocycles. The fourth-order valence-corrected chi connectivity index (χ4v) is 3.32. The van der Waals surface area contributed by atoms with Gasteiger partial charge in [0.15, 0.2) is 0 Å². The van der Waals surface area contributed by atoms with Crippen molar-refractivity contribution in [3.63, 3.8) is 0 Å². The lowest BCUT2D eigenvalue weighted by atomic mass is 10.3. The third kappa shape index (κ3) is 3.12. The summed E-state index contributed by atoms with van der Waals surface area (Å²) in [6.07, 6.45) is 12.4. The Morgan fingerprint density at radius 2 is 0.857 bits per heavy atom. The van der Waals surface area contributed by atoms with E-state index in [0.29, 0.717) is 0 Å². The molecule has 2 heterocycles. The van der Waals surface area contributed by atoms with Gasteiger partial charge < -0.3 is 0 Å².